The van der Waals surface area contributed by atoms with Crippen LogP contribution in [0.25, 0.3) is 0 Å². The van der Waals surface area contributed by atoms with Crippen LogP contribution in [-0.2, 0) is 4.74 Å². The van der Waals surface area contributed by atoms with Crippen molar-refractivity contribution in [2.45, 2.75) is 64.2 Å². The third kappa shape index (κ3) is 2.34. The smallest absolute Gasteiger partial charge is 0.0788 e. The Morgan fingerprint density at radius 2 is 1.63 bits per heavy atom. The standard InChI is InChI=1S/C16H30N2O/c1-15(2)13(14(17)16(3,4)19-15)10-18-8-11-6-5-7-12(11)9-18/h11-14H,5-10,17H2,1-4H3. The molecule has 19 heavy (non-hydrogen) atoms. The van der Waals surface area contributed by atoms with Crippen molar-refractivity contribution in [3.8, 4) is 0 Å². The molecule has 2 saturated heterocycles. The summed E-state index contributed by atoms with van der Waals surface area (Å²) in [4.78, 5) is 2.66. The van der Waals surface area contributed by atoms with E-state index in [0.29, 0.717) is 5.92 Å². The predicted octanol–water partition coefficient (Wildman–Crippen LogP) is 2.25. The molecule has 1 saturated carbocycles. The van der Waals surface area contributed by atoms with E-state index in [1.54, 1.807) is 0 Å². The highest BCUT2D eigenvalue weighted by Gasteiger charge is 2.53. The Balaban J connectivity index is 1.66. The van der Waals surface area contributed by atoms with Crippen molar-refractivity contribution >= 4 is 0 Å². The van der Waals surface area contributed by atoms with Gasteiger partial charge >= 0.3 is 0 Å². The van der Waals surface area contributed by atoms with Gasteiger partial charge in [0.1, 0.15) is 0 Å². The second-order valence-corrected chi connectivity index (χ2v) is 8.11. The maximum Gasteiger partial charge on any atom is 0.0788 e. The molecule has 2 N–H and O–H groups in total. The Labute approximate surface area is 117 Å². The third-order valence-electron chi connectivity index (χ3n) is 5.91. The quantitative estimate of drug-likeness (QED) is 0.833. The van der Waals surface area contributed by atoms with Gasteiger partial charge in [-0.3, -0.25) is 0 Å². The molecule has 0 amide bonds. The number of nitrogens with zero attached hydrogens (tertiary/aromatic N) is 1. The molecule has 3 nitrogen and oxygen atoms in total. The molecule has 4 atom stereocenters. The number of hydrogen-bond donors (Lipinski definition) is 1. The zero-order chi connectivity index (χ0) is 13.8. The molecule has 3 rings (SSSR count). The number of nitrogens with two attached hydrogens (primary N) is 1. The average Bonchev–Trinajstić information content (AvgIpc) is 2.85. The molecule has 4 unspecified atom stereocenters. The van der Waals surface area contributed by atoms with Crippen molar-refractivity contribution in [1.29, 1.82) is 0 Å². The van der Waals surface area contributed by atoms with Crippen LogP contribution in [0, 0.1) is 17.8 Å². The zero-order valence-electron chi connectivity index (χ0n) is 13.0. The van der Waals surface area contributed by atoms with E-state index in [9.17, 15) is 0 Å². The molecule has 3 heteroatoms. The summed E-state index contributed by atoms with van der Waals surface area (Å²) in [5.41, 5.74) is 6.19. The molecule has 3 fully saturated rings. The van der Waals surface area contributed by atoms with Gasteiger partial charge in [0, 0.05) is 31.6 Å². The fraction of sp³-hybridized carbons (Fsp3) is 1.00. The lowest BCUT2D eigenvalue weighted by molar-refractivity contribution is -0.0782. The first-order valence-corrected chi connectivity index (χ1v) is 7.98. The van der Waals surface area contributed by atoms with E-state index < -0.39 is 0 Å². The monoisotopic (exact) mass is 266 g/mol. The van der Waals surface area contributed by atoms with Crippen LogP contribution in [0.15, 0.2) is 0 Å². The molecule has 0 aromatic carbocycles. The minimum Gasteiger partial charge on any atom is -0.368 e. The second-order valence-electron chi connectivity index (χ2n) is 8.11. The highest BCUT2D eigenvalue weighted by atomic mass is 16.5. The molecule has 0 spiro atoms. The van der Waals surface area contributed by atoms with Gasteiger partial charge in [0.25, 0.3) is 0 Å². The van der Waals surface area contributed by atoms with Crippen LogP contribution in [0.2, 0.25) is 0 Å². The van der Waals surface area contributed by atoms with Gasteiger partial charge in [-0.1, -0.05) is 6.42 Å². The van der Waals surface area contributed by atoms with Crippen molar-refractivity contribution in [2.24, 2.45) is 23.5 Å². The fourth-order valence-corrected chi connectivity index (χ4v) is 4.83. The largest absolute Gasteiger partial charge is 0.368 e. The van der Waals surface area contributed by atoms with E-state index in [1.807, 2.05) is 0 Å². The van der Waals surface area contributed by atoms with Gasteiger partial charge in [0.15, 0.2) is 0 Å². The van der Waals surface area contributed by atoms with E-state index in [0.717, 1.165) is 18.4 Å². The molecule has 110 valence electrons. The molecular weight excluding hydrogens is 236 g/mol. The van der Waals surface area contributed by atoms with Crippen LogP contribution in [0.1, 0.15) is 47.0 Å². The fourth-order valence-electron chi connectivity index (χ4n) is 4.83. The number of rotatable bonds is 2. The summed E-state index contributed by atoms with van der Waals surface area (Å²) in [6.45, 7) is 12.4. The highest BCUT2D eigenvalue weighted by molar-refractivity contribution is 5.05. The maximum atomic E-state index is 6.47. The Morgan fingerprint density at radius 1 is 1.05 bits per heavy atom. The predicted molar refractivity (Wildman–Crippen MR) is 78.0 cm³/mol. The summed E-state index contributed by atoms with van der Waals surface area (Å²) in [5.74, 6) is 2.38. The van der Waals surface area contributed by atoms with Crippen molar-refractivity contribution in [3.63, 3.8) is 0 Å². The second kappa shape index (κ2) is 4.44. The molecule has 0 bridgehead atoms. The Morgan fingerprint density at radius 3 is 2.11 bits per heavy atom. The lowest BCUT2D eigenvalue weighted by atomic mass is 9.83. The maximum absolute atomic E-state index is 6.47. The molecule has 0 radical (unpaired) electrons. The van der Waals surface area contributed by atoms with Gasteiger partial charge in [-0.05, 0) is 52.4 Å². The molecular formula is C16H30N2O. The first-order chi connectivity index (χ1) is 8.79. The Kier molecular flexibility index (Phi) is 3.23. The Bertz CT molecular complexity index is 341. The van der Waals surface area contributed by atoms with Crippen LogP contribution < -0.4 is 5.73 Å². The molecule has 2 heterocycles. The molecule has 3 aliphatic rings. The first-order valence-electron chi connectivity index (χ1n) is 7.98. The van der Waals surface area contributed by atoms with E-state index in [-0.39, 0.29) is 17.2 Å². The van der Waals surface area contributed by atoms with Crippen LogP contribution in [0.4, 0.5) is 0 Å². The summed E-state index contributed by atoms with van der Waals surface area (Å²) in [6, 6.07) is 0.142. The SMILES string of the molecule is CC1(C)OC(C)(C)C(CN2CC3CCCC3C2)C1N. The van der Waals surface area contributed by atoms with E-state index >= 15 is 0 Å². The molecule has 0 aromatic heterocycles. The van der Waals surface area contributed by atoms with Crippen LogP contribution in [0.5, 0.6) is 0 Å². The zero-order valence-corrected chi connectivity index (χ0v) is 13.0. The van der Waals surface area contributed by atoms with E-state index in [4.69, 9.17) is 10.5 Å². The van der Waals surface area contributed by atoms with Gasteiger partial charge in [-0.25, -0.2) is 0 Å². The van der Waals surface area contributed by atoms with Gasteiger partial charge < -0.3 is 15.4 Å². The van der Waals surface area contributed by atoms with Gasteiger partial charge in [-0.2, -0.15) is 0 Å². The van der Waals surface area contributed by atoms with Crippen LogP contribution in [-0.4, -0.2) is 41.8 Å². The summed E-state index contributed by atoms with van der Waals surface area (Å²) in [7, 11) is 0. The van der Waals surface area contributed by atoms with Crippen molar-refractivity contribution in [1.82, 2.24) is 4.90 Å². The molecule has 2 aliphatic heterocycles. The van der Waals surface area contributed by atoms with Crippen LogP contribution in [0.3, 0.4) is 0 Å². The summed E-state index contributed by atoms with van der Waals surface area (Å²) in [6.07, 6.45) is 4.35. The number of ether oxygens (including phenoxy) is 1. The number of hydrogen-bond acceptors (Lipinski definition) is 3. The minimum absolute atomic E-state index is 0.0966. The summed E-state index contributed by atoms with van der Waals surface area (Å²) >= 11 is 0. The third-order valence-corrected chi connectivity index (χ3v) is 5.91. The first kappa shape index (κ1) is 13.8. The topological polar surface area (TPSA) is 38.5 Å². The van der Waals surface area contributed by atoms with Gasteiger partial charge in [0.05, 0.1) is 11.2 Å². The normalized spacial score (nSPS) is 44.7. The van der Waals surface area contributed by atoms with E-state index in [2.05, 4.69) is 32.6 Å². The van der Waals surface area contributed by atoms with Crippen molar-refractivity contribution < 1.29 is 4.74 Å². The lowest BCUT2D eigenvalue weighted by Crippen LogP contribution is -2.48. The van der Waals surface area contributed by atoms with E-state index in [1.165, 1.54) is 32.4 Å². The number of likely N-dealkylation sites (tertiary alicyclic amines) is 1. The highest BCUT2D eigenvalue weighted by Crippen LogP contribution is 2.43. The minimum atomic E-state index is -0.191. The molecule has 1 aliphatic carbocycles. The summed E-state index contributed by atoms with van der Waals surface area (Å²) in [5, 5.41) is 0. The van der Waals surface area contributed by atoms with Gasteiger partial charge in [-0.15, -0.1) is 0 Å². The summed E-state index contributed by atoms with van der Waals surface area (Å²) < 4.78 is 6.21. The number of fused-ring (bicyclic) bond motifs is 1. The lowest BCUT2D eigenvalue weighted by Gasteiger charge is -2.31. The van der Waals surface area contributed by atoms with Crippen molar-refractivity contribution in [3.05, 3.63) is 0 Å². The average molecular weight is 266 g/mol. The van der Waals surface area contributed by atoms with Crippen LogP contribution >= 0.6 is 0 Å². The Hall–Kier alpha value is -0.120. The van der Waals surface area contributed by atoms with Crippen molar-refractivity contribution in [2.75, 3.05) is 19.6 Å². The molecule has 0 aromatic rings. The van der Waals surface area contributed by atoms with Gasteiger partial charge in [0.2, 0.25) is 0 Å².